The molecular weight excluding hydrogens is 372 g/mol. The molecule has 0 aliphatic carbocycles. The first-order chi connectivity index (χ1) is 14.0. The number of hydrogen-bond donors (Lipinski definition) is 1. The van der Waals surface area contributed by atoms with E-state index in [1.807, 2.05) is 13.8 Å². The SMILES string of the molecule is CC(C)n1ccc(C(=O)N2CCOC(C(=O)Nc3ccc4nccnc4c3)C2)n1. The van der Waals surface area contributed by atoms with Crippen LogP contribution in [-0.2, 0) is 9.53 Å². The summed E-state index contributed by atoms with van der Waals surface area (Å²) in [7, 11) is 0. The van der Waals surface area contributed by atoms with Crippen LogP contribution in [0.5, 0.6) is 0 Å². The number of fused-ring (bicyclic) bond motifs is 1. The van der Waals surface area contributed by atoms with E-state index in [0.717, 1.165) is 5.52 Å². The zero-order chi connectivity index (χ0) is 20.4. The van der Waals surface area contributed by atoms with E-state index in [4.69, 9.17) is 4.74 Å². The van der Waals surface area contributed by atoms with E-state index in [-0.39, 0.29) is 31.0 Å². The Morgan fingerprint density at radius 1 is 1.17 bits per heavy atom. The summed E-state index contributed by atoms with van der Waals surface area (Å²) in [6.07, 6.45) is 4.25. The Balaban J connectivity index is 1.42. The number of hydrogen-bond acceptors (Lipinski definition) is 6. The molecule has 2 amide bonds. The van der Waals surface area contributed by atoms with Gasteiger partial charge in [0, 0.05) is 36.9 Å². The van der Waals surface area contributed by atoms with Gasteiger partial charge in [-0.1, -0.05) is 0 Å². The molecule has 0 bridgehead atoms. The van der Waals surface area contributed by atoms with Crippen LogP contribution in [0.2, 0.25) is 0 Å². The summed E-state index contributed by atoms with van der Waals surface area (Å²) >= 11 is 0. The largest absolute Gasteiger partial charge is 0.365 e. The number of carbonyl (C=O) groups is 2. The fraction of sp³-hybridized carbons (Fsp3) is 0.350. The van der Waals surface area contributed by atoms with Crippen molar-refractivity contribution in [3.63, 3.8) is 0 Å². The molecule has 1 aliphatic rings. The average molecular weight is 394 g/mol. The van der Waals surface area contributed by atoms with Crippen molar-refractivity contribution in [2.24, 2.45) is 0 Å². The Morgan fingerprint density at radius 2 is 1.97 bits per heavy atom. The normalized spacial score (nSPS) is 16.9. The summed E-state index contributed by atoms with van der Waals surface area (Å²) in [4.78, 5) is 35.5. The van der Waals surface area contributed by atoms with Gasteiger partial charge in [-0.25, -0.2) is 0 Å². The standard InChI is InChI=1S/C20H22N6O3/c1-13(2)26-8-5-16(24-26)20(28)25-9-10-29-18(12-25)19(27)23-14-3-4-15-17(11-14)22-7-6-21-15/h3-8,11,13,18H,9-10,12H2,1-2H3,(H,23,27). The molecule has 1 fully saturated rings. The van der Waals surface area contributed by atoms with Crippen LogP contribution < -0.4 is 5.32 Å². The monoisotopic (exact) mass is 394 g/mol. The molecule has 0 spiro atoms. The molecule has 1 aromatic carbocycles. The van der Waals surface area contributed by atoms with Crippen molar-refractivity contribution in [2.75, 3.05) is 25.0 Å². The van der Waals surface area contributed by atoms with Gasteiger partial charge in [-0.3, -0.25) is 24.2 Å². The maximum absolute atomic E-state index is 12.8. The average Bonchev–Trinajstić information content (AvgIpc) is 3.24. The molecule has 29 heavy (non-hydrogen) atoms. The number of aromatic nitrogens is 4. The van der Waals surface area contributed by atoms with E-state index < -0.39 is 6.10 Å². The first kappa shape index (κ1) is 19.0. The van der Waals surface area contributed by atoms with Gasteiger partial charge in [0.05, 0.1) is 24.2 Å². The lowest BCUT2D eigenvalue weighted by Gasteiger charge is -2.31. The molecule has 3 aromatic rings. The number of ether oxygens (including phenoxy) is 1. The molecule has 1 saturated heterocycles. The summed E-state index contributed by atoms with van der Waals surface area (Å²) in [6, 6.07) is 7.18. The topological polar surface area (TPSA) is 102 Å². The second-order valence-corrected chi connectivity index (χ2v) is 7.13. The van der Waals surface area contributed by atoms with Crippen LogP contribution in [0.3, 0.4) is 0 Å². The smallest absolute Gasteiger partial charge is 0.274 e. The van der Waals surface area contributed by atoms with Gasteiger partial charge in [-0.2, -0.15) is 5.10 Å². The van der Waals surface area contributed by atoms with Crippen LogP contribution >= 0.6 is 0 Å². The van der Waals surface area contributed by atoms with Crippen LogP contribution in [0.25, 0.3) is 11.0 Å². The van der Waals surface area contributed by atoms with Crippen molar-refractivity contribution in [3.05, 3.63) is 48.5 Å². The third-order valence-electron chi connectivity index (χ3n) is 4.74. The first-order valence-electron chi connectivity index (χ1n) is 9.49. The lowest BCUT2D eigenvalue weighted by molar-refractivity contribution is -0.131. The molecule has 0 saturated carbocycles. The zero-order valence-corrected chi connectivity index (χ0v) is 16.3. The number of nitrogens with zero attached hydrogens (tertiary/aromatic N) is 5. The first-order valence-corrected chi connectivity index (χ1v) is 9.49. The van der Waals surface area contributed by atoms with Crippen molar-refractivity contribution < 1.29 is 14.3 Å². The van der Waals surface area contributed by atoms with E-state index in [0.29, 0.717) is 23.4 Å². The highest BCUT2D eigenvalue weighted by Gasteiger charge is 2.30. The fourth-order valence-corrected chi connectivity index (χ4v) is 3.16. The Hall–Kier alpha value is -3.33. The number of morpholine rings is 1. The van der Waals surface area contributed by atoms with Crippen molar-refractivity contribution in [2.45, 2.75) is 26.0 Å². The molecule has 150 valence electrons. The van der Waals surface area contributed by atoms with E-state index in [9.17, 15) is 9.59 Å². The van der Waals surface area contributed by atoms with Crippen LogP contribution in [-0.4, -0.2) is 62.3 Å². The minimum atomic E-state index is -0.752. The third kappa shape index (κ3) is 4.09. The fourth-order valence-electron chi connectivity index (χ4n) is 3.16. The molecule has 4 rings (SSSR count). The summed E-state index contributed by atoms with van der Waals surface area (Å²) in [6.45, 7) is 4.87. The highest BCUT2D eigenvalue weighted by molar-refractivity contribution is 5.97. The number of nitrogens with one attached hydrogen (secondary N) is 1. The maximum Gasteiger partial charge on any atom is 0.274 e. The molecule has 2 aromatic heterocycles. The predicted octanol–water partition coefficient (Wildman–Crippen LogP) is 1.89. The van der Waals surface area contributed by atoms with E-state index >= 15 is 0 Å². The van der Waals surface area contributed by atoms with Crippen LogP contribution in [0.15, 0.2) is 42.9 Å². The third-order valence-corrected chi connectivity index (χ3v) is 4.74. The van der Waals surface area contributed by atoms with Crippen molar-refractivity contribution in [1.29, 1.82) is 0 Å². The minimum Gasteiger partial charge on any atom is -0.365 e. The van der Waals surface area contributed by atoms with Gasteiger partial charge >= 0.3 is 0 Å². The van der Waals surface area contributed by atoms with E-state index in [1.165, 1.54) is 0 Å². The lowest BCUT2D eigenvalue weighted by atomic mass is 10.2. The number of carbonyl (C=O) groups excluding carboxylic acids is 2. The number of benzene rings is 1. The molecule has 1 unspecified atom stereocenters. The Bertz CT molecular complexity index is 1050. The predicted molar refractivity (Wildman–Crippen MR) is 106 cm³/mol. The molecule has 1 N–H and O–H groups in total. The van der Waals surface area contributed by atoms with Gasteiger partial charge in [0.2, 0.25) is 0 Å². The zero-order valence-electron chi connectivity index (χ0n) is 16.3. The second-order valence-electron chi connectivity index (χ2n) is 7.13. The van der Waals surface area contributed by atoms with Crippen molar-refractivity contribution >= 4 is 28.5 Å². The molecule has 0 radical (unpaired) electrons. The highest BCUT2D eigenvalue weighted by atomic mass is 16.5. The molecule has 9 heteroatoms. The van der Waals surface area contributed by atoms with Crippen molar-refractivity contribution in [1.82, 2.24) is 24.6 Å². The number of anilines is 1. The maximum atomic E-state index is 12.8. The quantitative estimate of drug-likeness (QED) is 0.725. The summed E-state index contributed by atoms with van der Waals surface area (Å²) in [5.41, 5.74) is 2.41. The van der Waals surface area contributed by atoms with Gasteiger partial charge in [0.25, 0.3) is 11.8 Å². The van der Waals surface area contributed by atoms with Crippen LogP contribution in [0.4, 0.5) is 5.69 Å². The lowest BCUT2D eigenvalue weighted by Crippen LogP contribution is -2.50. The summed E-state index contributed by atoms with van der Waals surface area (Å²) < 4.78 is 7.34. The summed E-state index contributed by atoms with van der Waals surface area (Å²) in [5.74, 6) is -0.509. The van der Waals surface area contributed by atoms with Crippen LogP contribution in [0.1, 0.15) is 30.4 Å². The Kier molecular flexibility index (Phi) is 5.22. The molecular formula is C20H22N6O3. The molecule has 3 heterocycles. The van der Waals surface area contributed by atoms with Crippen molar-refractivity contribution in [3.8, 4) is 0 Å². The number of rotatable bonds is 4. The van der Waals surface area contributed by atoms with E-state index in [2.05, 4.69) is 20.4 Å². The molecule has 9 nitrogen and oxygen atoms in total. The summed E-state index contributed by atoms with van der Waals surface area (Å²) in [5, 5.41) is 7.16. The Labute approximate surface area is 167 Å². The van der Waals surface area contributed by atoms with Gasteiger partial charge in [-0.15, -0.1) is 0 Å². The second kappa shape index (κ2) is 7.96. The highest BCUT2D eigenvalue weighted by Crippen LogP contribution is 2.17. The van der Waals surface area contributed by atoms with Crippen LogP contribution in [0, 0.1) is 0 Å². The Morgan fingerprint density at radius 3 is 2.72 bits per heavy atom. The minimum absolute atomic E-state index is 0.173. The van der Waals surface area contributed by atoms with Gasteiger partial charge in [0.15, 0.2) is 6.10 Å². The van der Waals surface area contributed by atoms with E-state index in [1.54, 1.807) is 52.4 Å². The molecule has 1 atom stereocenters. The van der Waals surface area contributed by atoms with Gasteiger partial charge < -0.3 is 15.0 Å². The number of amides is 2. The van der Waals surface area contributed by atoms with Gasteiger partial charge in [-0.05, 0) is 38.1 Å². The molecule has 1 aliphatic heterocycles. The van der Waals surface area contributed by atoms with Gasteiger partial charge in [0.1, 0.15) is 5.69 Å².